The molecule has 1 saturated carbocycles. The second kappa shape index (κ2) is 7.89. The number of hydrogen-bond donors (Lipinski definition) is 1. The minimum absolute atomic E-state index is 0.0822. The van der Waals surface area contributed by atoms with Crippen LogP contribution in [0, 0.1) is 5.82 Å². The lowest BCUT2D eigenvalue weighted by Gasteiger charge is -2.48. The summed E-state index contributed by atoms with van der Waals surface area (Å²) >= 11 is 0. The molecule has 1 aliphatic rings. The molecule has 1 N–H and O–H groups in total. The number of benzene rings is 2. The maximum absolute atomic E-state index is 14.2. The molecule has 3 heteroatoms. The highest BCUT2D eigenvalue weighted by Crippen LogP contribution is 2.42. The van der Waals surface area contributed by atoms with Crippen LogP contribution in [0.5, 0.6) is 0 Å². The van der Waals surface area contributed by atoms with E-state index in [1.807, 2.05) is 30.3 Å². The van der Waals surface area contributed by atoms with E-state index in [2.05, 4.69) is 31.1 Å². The Balaban J connectivity index is 1.66. The summed E-state index contributed by atoms with van der Waals surface area (Å²) in [5.41, 5.74) is 1.36. The molecule has 3 rings (SSSR count). The molecule has 0 atom stereocenters. The van der Waals surface area contributed by atoms with Crippen molar-refractivity contribution in [3.63, 3.8) is 0 Å². The quantitative estimate of drug-likeness (QED) is 0.818. The molecule has 1 fully saturated rings. The third-order valence-corrected chi connectivity index (χ3v) is 6.26. The highest BCUT2D eigenvalue weighted by Gasteiger charge is 2.43. The predicted molar refractivity (Wildman–Crippen MR) is 105 cm³/mol. The molecule has 0 amide bonds. The fraction of sp³-hybridized carbons (Fsp3) is 0.478. The zero-order chi connectivity index (χ0) is 18.6. The monoisotopic (exact) mass is 355 g/mol. The maximum Gasteiger partial charge on any atom is 0.126 e. The topological polar surface area (TPSA) is 23.5 Å². The zero-order valence-electron chi connectivity index (χ0n) is 15.9. The molecule has 0 saturated heterocycles. The average molecular weight is 355 g/mol. The van der Waals surface area contributed by atoms with Crippen LogP contribution in [0.3, 0.4) is 0 Å². The van der Waals surface area contributed by atoms with Gasteiger partial charge in [-0.05, 0) is 76.2 Å². The van der Waals surface area contributed by atoms with E-state index in [9.17, 15) is 9.50 Å². The van der Waals surface area contributed by atoms with E-state index < -0.39 is 5.60 Å². The Morgan fingerprint density at radius 2 is 1.54 bits per heavy atom. The van der Waals surface area contributed by atoms with Crippen molar-refractivity contribution in [1.82, 2.24) is 4.90 Å². The van der Waals surface area contributed by atoms with Gasteiger partial charge in [0.05, 0.1) is 5.60 Å². The van der Waals surface area contributed by atoms with Crippen molar-refractivity contribution in [3.8, 4) is 0 Å². The first kappa shape index (κ1) is 19.1. The van der Waals surface area contributed by atoms with Crippen LogP contribution >= 0.6 is 0 Å². The lowest BCUT2D eigenvalue weighted by molar-refractivity contribution is -0.0492. The van der Waals surface area contributed by atoms with Crippen molar-refractivity contribution in [2.45, 2.75) is 56.1 Å². The second-order valence-electron chi connectivity index (χ2n) is 8.10. The van der Waals surface area contributed by atoms with Crippen molar-refractivity contribution >= 4 is 0 Å². The van der Waals surface area contributed by atoms with Gasteiger partial charge in [-0.1, -0.05) is 48.5 Å². The first-order valence-corrected chi connectivity index (χ1v) is 9.60. The number of rotatable bonds is 6. The first-order chi connectivity index (χ1) is 12.4. The van der Waals surface area contributed by atoms with Gasteiger partial charge in [-0.3, -0.25) is 0 Å². The molecule has 2 aromatic carbocycles. The standard InChI is InChI=1S/C23H30FNO/c1-25(2)22(18-20-10-6-7-11-21(20)24)14-16-23(26,17-15-22)13-12-19-8-4-3-5-9-19/h3-11,26H,12-18H2,1-2H3. The van der Waals surface area contributed by atoms with Crippen molar-refractivity contribution in [2.24, 2.45) is 0 Å². The Morgan fingerprint density at radius 1 is 0.923 bits per heavy atom. The normalized spacial score (nSPS) is 26.2. The minimum Gasteiger partial charge on any atom is -0.390 e. The Bertz CT molecular complexity index is 705. The number of hydrogen-bond acceptors (Lipinski definition) is 2. The van der Waals surface area contributed by atoms with Gasteiger partial charge in [-0.2, -0.15) is 0 Å². The third-order valence-electron chi connectivity index (χ3n) is 6.26. The molecule has 140 valence electrons. The van der Waals surface area contributed by atoms with Crippen molar-refractivity contribution < 1.29 is 9.50 Å². The highest BCUT2D eigenvalue weighted by atomic mass is 19.1. The first-order valence-electron chi connectivity index (χ1n) is 9.60. The maximum atomic E-state index is 14.2. The van der Waals surface area contributed by atoms with Gasteiger partial charge in [-0.25, -0.2) is 4.39 Å². The van der Waals surface area contributed by atoms with E-state index in [0.717, 1.165) is 44.1 Å². The molecule has 0 aromatic heterocycles. The number of aliphatic hydroxyl groups is 1. The second-order valence-corrected chi connectivity index (χ2v) is 8.10. The van der Waals surface area contributed by atoms with Gasteiger partial charge in [0.1, 0.15) is 5.82 Å². The molecular weight excluding hydrogens is 325 g/mol. The third kappa shape index (κ3) is 4.33. The van der Waals surface area contributed by atoms with Crippen LogP contribution < -0.4 is 0 Å². The molecule has 26 heavy (non-hydrogen) atoms. The fourth-order valence-corrected chi connectivity index (χ4v) is 4.23. The van der Waals surface area contributed by atoms with Crippen molar-refractivity contribution in [1.29, 1.82) is 0 Å². The zero-order valence-corrected chi connectivity index (χ0v) is 15.9. The summed E-state index contributed by atoms with van der Waals surface area (Å²) in [6.07, 6.45) is 5.71. The summed E-state index contributed by atoms with van der Waals surface area (Å²) in [5.74, 6) is -0.126. The van der Waals surface area contributed by atoms with Gasteiger partial charge >= 0.3 is 0 Å². The lowest BCUT2D eigenvalue weighted by Crippen LogP contribution is -2.52. The summed E-state index contributed by atoms with van der Waals surface area (Å²) in [6.45, 7) is 0. The predicted octanol–water partition coefficient (Wildman–Crippen LogP) is 4.61. The number of nitrogens with zero attached hydrogens (tertiary/aromatic N) is 1. The molecule has 1 aliphatic carbocycles. The van der Waals surface area contributed by atoms with Crippen LogP contribution in [0.1, 0.15) is 43.2 Å². The van der Waals surface area contributed by atoms with E-state index in [1.165, 1.54) is 11.6 Å². The van der Waals surface area contributed by atoms with Crippen molar-refractivity contribution in [3.05, 3.63) is 71.5 Å². The van der Waals surface area contributed by atoms with Gasteiger partial charge < -0.3 is 10.0 Å². The summed E-state index contributed by atoms with van der Waals surface area (Å²) in [7, 11) is 4.16. The average Bonchev–Trinajstić information content (AvgIpc) is 2.65. The molecule has 0 unspecified atom stereocenters. The van der Waals surface area contributed by atoms with Crippen LogP contribution in [0.2, 0.25) is 0 Å². The summed E-state index contributed by atoms with van der Waals surface area (Å²) in [4.78, 5) is 2.23. The van der Waals surface area contributed by atoms with Gasteiger partial charge in [0, 0.05) is 5.54 Å². The summed E-state index contributed by atoms with van der Waals surface area (Å²) < 4.78 is 14.2. The molecule has 0 aliphatic heterocycles. The number of likely N-dealkylation sites (N-methyl/N-ethyl adjacent to an activating group) is 1. The van der Waals surface area contributed by atoms with Crippen LogP contribution in [0.25, 0.3) is 0 Å². The smallest absolute Gasteiger partial charge is 0.126 e. The van der Waals surface area contributed by atoms with Gasteiger partial charge in [-0.15, -0.1) is 0 Å². The minimum atomic E-state index is -0.607. The molecular formula is C23H30FNO. The summed E-state index contributed by atoms with van der Waals surface area (Å²) in [6, 6.07) is 17.4. The van der Waals surface area contributed by atoms with E-state index in [-0.39, 0.29) is 11.4 Å². The Labute approximate surface area is 156 Å². The SMILES string of the molecule is CN(C)C1(Cc2ccccc2F)CCC(O)(CCc2ccccc2)CC1. The van der Waals surface area contributed by atoms with Gasteiger partial charge in [0.2, 0.25) is 0 Å². The van der Waals surface area contributed by atoms with E-state index in [1.54, 1.807) is 6.07 Å². The molecule has 0 heterocycles. The van der Waals surface area contributed by atoms with Gasteiger partial charge in [0.25, 0.3) is 0 Å². The molecule has 0 spiro atoms. The van der Waals surface area contributed by atoms with E-state index in [0.29, 0.717) is 6.42 Å². The molecule has 2 aromatic rings. The lowest BCUT2D eigenvalue weighted by atomic mass is 9.69. The van der Waals surface area contributed by atoms with Crippen LogP contribution in [0.15, 0.2) is 54.6 Å². The van der Waals surface area contributed by atoms with Crippen LogP contribution in [0.4, 0.5) is 4.39 Å². The van der Waals surface area contributed by atoms with Crippen LogP contribution in [-0.4, -0.2) is 35.2 Å². The summed E-state index contributed by atoms with van der Waals surface area (Å²) in [5, 5.41) is 11.1. The van der Waals surface area contributed by atoms with Crippen molar-refractivity contribution in [2.75, 3.05) is 14.1 Å². The van der Waals surface area contributed by atoms with Gasteiger partial charge in [0.15, 0.2) is 0 Å². The molecule has 2 nitrogen and oxygen atoms in total. The molecule has 0 bridgehead atoms. The largest absolute Gasteiger partial charge is 0.390 e. The van der Waals surface area contributed by atoms with Crippen LogP contribution in [-0.2, 0) is 12.8 Å². The highest BCUT2D eigenvalue weighted by molar-refractivity contribution is 5.21. The molecule has 0 radical (unpaired) electrons. The number of aryl methyl sites for hydroxylation is 1. The number of halogens is 1. The van der Waals surface area contributed by atoms with E-state index >= 15 is 0 Å². The Hall–Kier alpha value is -1.71. The fourth-order valence-electron chi connectivity index (χ4n) is 4.23. The Kier molecular flexibility index (Phi) is 5.79. The van der Waals surface area contributed by atoms with E-state index in [4.69, 9.17) is 0 Å². The Morgan fingerprint density at radius 3 is 2.15 bits per heavy atom.